The molecule has 0 N–H and O–H groups in total. The average Bonchev–Trinajstić information content (AvgIpc) is 2.92. The maximum absolute atomic E-state index is 14.1. The van der Waals surface area contributed by atoms with Crippen molar-refractivity contribution in [2.45, 2.75) is 50.8 Å². The van der Waals surface area contributed by atoms with Crippen LogP contribution in [-0.4, -0.2) is 28.1 Å². The van der Waals surface area contributed by atoms with Crippen LogP contribution < -0.4 is 0 Å². The highest BCUT2D eigenvalue weighted by Gasteiger charge is 2.61. The summed E-state index contributed by atoms with van der Waals surface area (Å²) < 4.78 is 5.31. The summed E-state index contributed by atoms with van der Waals surface area (Å²) in [4.78, 5) is 30.0. The molecule has 1 amide bonds. The monoisotopic (exact) mass is 501 g/mol. The number of hydrogen-bond acceptors (Lipinski definition) is 4. The first-order chi connectivity index (χ1) is 14.6. The van der Waals surface area contributed by atoms with Gasteiger partial charge in [-0.1, -0.05) is 67.0 Å². The maximum Gasteiger partial charge on any atom is 0.337 e. The molecule has 2 aromatic carbocycles. The molecule has 31 heavy (non-hydrogen) atoms. The van der Waals surface area contributed by atoms with Gasteiger partial charge in [-0.25, -0.2) is 4.79 Å². The van der Waals surface area contributed by atoms with Crippen LogP contribution in [-0.2, 0) is 20.9 Å². The molecule has 1 aliphatic heterocycles. The second-order valence-electron chi connectivity index (χ2n) is 8.54. The quantitative estimate of drug-likeness (QED) is 0.441. The summed E-state index contributed by atoms with van der Waals surface area (Å²) in [7, 11) is 0. The number of hydrogen-bond donors (Lipinski definition) is 0. The van der Waals surface area contributed by atoms with Crippen LogP contribution in [0.1, 0.15) is 40.2 Å². The number of esters is 1. The molecule has 1 atom stereocenters. The zero-order chi connectivity index (χ0) is 22.8. The number of carbonyl (C=O) groups is 2. The lowest BCUT2D eigenvalue weighted by Crippen LogP contribution is -2.51. The minimum atomic E-state index is -1.11. The van der Waals surface area contributed by atoms with Gasteiger partial charge < -0.3 is 9.64 Å². The minimum absolute atomic E-state index is 0.0858. The van der Waals surface area contributed by atoms with Gasteiger partial charge in [-0.05, 0) is 49.1 Å². The van der Waals surface area contributed by atoms with E-state index in [2.05, 4.69) is 15.9 Å². The van der Waals surface area contributed by atoms with E-state index in [4.69, 9.17) is 4.74 Å². The normalized spacial score (nSPS) is 19.2. The number of benzene rings is 2. The number of nitrogens with zero attached hydrogens (tertiary/aromatic N) is 1. The second-order valence-corrected chi connectivity index (χ2v) is 10.7. The second kappa shape index (κ2) is 9.21. The van der Waals surface area contributed by atoms with Gasteiger partial charge in [-0.15, -0.1) is 11.8 Å². The van der Waals surface area contributed by atoms with Crippen molar-refractivity contribution in [2.75, 3.05) is 6.61 Å². The summed E-state index contributed by atoms with van der Waals surface area (Å²) >= 11 is 4.90. The molecule has 0 unspecified atom stereocenters. The summed E-state index contributed by atoms with van der Waals surface area (Å²) in [5.74, 6) is -0.513. The predicted octanol–water partition coefficient (Wildman–Crippen LogP) is 6.21. The minimum Gasteiger partial charge on any atom is -0.463 e. The van der Waals surface area contributed by atoms with E-state index >= 15 is 0 Å². The van der Waals surface area contributed by atoms with E-state index in [9.17, 15) is 9.59 Å². The summed E-state index contributed by atoms with van der Waals surface area (Å²) in [6.45, 7) is 10.3. The molecule has 1 heterocycles. The average molecular weight is 502 g/mol. The van der Waals surface area contributed by atoms with Gasteiger partial charge in [0.25, 0.3) is 0 Å². The smallest absolute Gasteiger partial charge is 0.337 e. The highest BCUT2D eigenvalue weighted by atomic mass is 79.9. The van der Waals surface area contributed by atoms with Crippen LogP contribution in [0.2, 0.25) is 0 Å². The fourth-order valence-electron chi connectivity index (χ4n) is 3.91. The molecule has 2 aromatic rings. The molecule has 164 valence electrons. The highest BCUT2D eigenvalue weighted by Crippen LogP contribution is 2.56. The lowest BCUT2D eigenvalue weighted by molar-refractivity contribution is -0.141. The van der Waals surface area contributed by atoms with E-state index in [0.717, 1.165) is 14.9 Å². The molecule has 0 saturated heterocycles. The molecule has 4 nitrogen and oxygen atoms in total. The number of allylic oxidation sites excluding steroid dienone is 1. The molecule has 0 fully saturated rings. The van der Waals surface area contributed by atoms with Crippen molar-refractivity contribution in [1.29, 1.82) is 0 Å². The van der Waals surface area contributed by atoms with Crippen molar-refractivity contribution in [2.24, 2.45) is 5.41 Å². The van der Waals surface area contributed by atoms with E-state index in [1.807, 2.05) is 82.3 Å². The Bertz CT molecular complexity index is 996. The van der Waals surface area contributed by atoms with Gasteiger partial charge in [-0.2, -0.15) is 0 Å². The van der Waals surface area contributed by atoms with Crippen molar-refractivity contribution < 1.29 is 14.3 Å². The van der Waals surface area contributed by atoms with E-state index in [1.54, 1.807) is 11.8 Å². The number of carbonyl (C=O) groups excluding carboxylic acids is 2. The third-order valence-electron chi connectivity index (χ3n) is 5.47. The van der Waals surface area contributed by atoms with Gasteiger partial charge in [0.15, 0.2) is 0 Å². The van der Waals surface area contributed by atoms with Crippen LogP contribution in [0, 0.1) is 5.41 Å². The predicted molar refractivity (Wildman–Crippen MR) is 129 cm³/mol. The van der Waals surface area contributed by atoms with Crippen molar-refractivity contribution in [3.8, 4) is 0 Å². The van der Waals surface area contributed by atoms with E-state index in [-0.39, 0.29) is 12.5 Å². The molecule has 0 spiro atoms. The van der Waals surface area contributed by atoms with Crippen molar-refractivity contribution in [3.63, 3.8) is 0 Å². The van der Waals surface area contributed by atoms with Crippen LogP contribution in [0.4, 0.5) is 0 Å². The number of ether oxygens (including phenoxy) is 1. The molecular weight excluding hydrogens is 474 g/mol. The van der Waals surface area contributed by atoms with Gasteiger partial charge in [0.2, 0.25) is 5.91 Å². The first-order valence-corrected chi connectivity index (χ1v) is 11.9. The van der Waals surface area contributed by atoms with Gasteiger partial charge in [0, 0.05) is 15.1 Å². The molecule has 6 heteroatoms. The number of halogens is 1. The third kappa shape index (κ3) is 4.46. The molecule has 1 aliphatic rings. The lowest BCUT2D eigenvalue weighted by atomic mass is 9.75. The van der Waals surface area contributed by atoms with Crippen LogP contribution in [0.25, 0.3) is 0 Å². The summed E-state index contributed by atoms with van der Waals surface area (Å²) in [6.07, 6.45) is 0. The Hall–Kier alpha value is -2.05. The van der Waals surface area contributed by atoms with Crippen molar-refractivity contribution >= 4 is 39.6 Å². The molecule has 0 bridgehead atoms. The Morgan fingerprint density at radius 1 is 1.10 bits per heavy atom. The van der Waals surface area contributed by atoms with Crippen LogP contribution >= 0.6 is 27.7 Å². The van der Waals surface area contributed by atoms with Gasteiger partial charge in [0.1, 0.15) is 4.75 Å². The van der Waals surface area contributed by atoms with E-state index in [1.165, 1.54) is 11.8 Å². The highest BCUT2D eigenvalue weighted by molar-refractivity contribution is 9.10. The molecular formula is C25H28BrNO3S. The van der Waals surface area contributed by atoms with Crippen LogP contribution in [0.3, 0.4) is 0 Å². The number of rotatable bonds is 6. The third-order valence-corrected chi connectivity index (χ3v) is 7.80. The lowest BCUT2D eigenvalue weighted by Gasteiger charge is -2.41. The Labute approximate surface area is 197 Å². The van der Waals surface area contributed by atoms with Gasteiger partial charge in [-0.3, -0.25) is 4.79 Å². The van der Waals surface area contributed by atoms with Crippen molar-refractivity contribution in [3.05, 3.63) is 75.9 Å². The largest absolute Gasteiger partial charge is 0.463 e. The first kappa shape index (κ1) is 23.6. The molecule has 0 aromatic heterocycles. The van der Waals surface area contributed by atoms with Crippen molar-refractivity contribution in [1.82, 2.24) is 4.90 Å². The SMILES string of the molecule is CCOC(=O)C1=C(C)N(Cc2ccccc2)C(=O)[C@]1(Sc1ccc(Br)cc1)C(C)(C)C. The summed E-state index contributed by atoms with van der Waals surface area (Å²) in [5.41, 5.74) is 1.57. The number of thioether (sulfide) groups is 1. The van der Waals surface area contributed by atoms with Crippen LogP contribution in [0.5, 0.6) is 0 Å². The topological polar surface area (TPSA) is 46.6 Å². The Morgan fingerprint density at radius 3 is 2.26 bits per heavy atom. The van der Waals surface area contributed by atoms with Gasteiger partial charge in [0.05, 0.1) is 18.7 Å². The van der Waals surface area contributed by atoms with E-state index in [0.29, 0.717) is 17.8 Å². The molecule has 0 saturated carbocycles. The summed E-state index contributed by atoms with van der Waals surface area (Å²) in [5, 5.41) is 0. The fraction of sp³-hybridized carbons (Fsp3) is 0.360. The maximum atomic E-state index is 14.1. The van der Waals surface area contributed by atoms with E-state index < -0.39 is 16.1 Å². The molecule has 0 aliphatic carbocycles. The standard InChI is InChI=1S/C25H28BrNO3S/c1-6-30-22(28)21-17(2)27(16-18-10-8-7-9-11-18)23(29)25(21,24(3,4)5)31-20-14-12-19(26)13-15-20/h7-15H,6,16H2,1-5H3/t25-/m0/s1. The Balaban J connectivity index is 2.16. The van der Waals surface area contributed by atoms with Gasteiger partial charge >= 0.3 is 5.97 Å². The van der Waals surface area contributed by atoms with Crippen LogP contribution in [0.15, 0.2) is 75.2 Å². The molecule has 3 rings (SSSR count). The Morgan fingerprint density at radius 2 is 1.71 bits per heavy atom. The Kier molecular flexibility index (Phi) is 7.01. The zero-order valence-corrected chi connectivity index (χ0v) is 21.0. The molecule has 0 radical (unpaired) electrons. The number of amides is 1. The first-order valence-electron chi connectivity index (χ1n) is 10.3. The summed E-state index contributed by atoms with van der Waals surface area (Å²) in [6, 6.07) is 17.7. The zero-order valence-electron chi connectivity index (χ0n) is 18.6. The fourth-order valence-corrected chi connectivity index (χ4v) is 5.64.